The van der Waals surface area contributed by atoms with Crippen LogP contribution in [0.15, 0.2) is 12.2 Å². The van der Waals surface area contributed by atoms with Crippen LogP contribution in [0.25, 0.3) is 0 Å². The van der Waals surface area contributed by atoms with Crippen molar-refractivity contribution in [1.82, 2.24) is 0 Å². The van der Waals surface area contributed by atoms with Crippen LogP contribution in [0.5, 0.6) is 0 Å². The lowest BCUT2D eigenvalue weighted by Crippen LogP contribution is -2.07. The molecule has 0 aromatic rings. The minimum absolute atomic E-state index is 0.385. The summed E-state index contributed by atoms with van der Waals surface area (Å²) >= 11 is 0. The number of hydrogen-bond donors (Lipinski definition) is 0. The van der Waals surface area contributed by atoms with Crippen molar-refractivity contribution in [3.05, 3.63) is 12.2 Å². The predicted octanol–water partition coefficient (Wildman–Crippen LogP) is -1.17. The molecule has 11 heavy (non-hydrogen) atoms. The van der Waals surface area contributed by atoms with Crippen molar-refractivity contribution in [1.29, 1.82) is 0 Å². The molecule has 0 fully saturated rings. The molecule has 0 spiro atoms. The Morgan fingerprint density at radius 1 is 1.00 bits per heavy atom. The largest absolute Gasteiger partial charge is 0.385 e. The summed E-state index contributed by atoms with van der Waals surface area (Å²) < 4.78 is 3.82. The molecule has 0 N–H and O–H groups in total. The van der Waals surface area contributed by atoms with Gasteiger partial charge in [-0.05, 0) is 0 Å². The Balaban J connectivity index is 4.05. The maximum Gasteiger partial charge on any atom is 0.349 e. The third-order valence-electron chi connectivity index (χ3n) is 0.555. The van der Waals surface area contributed by atoms with Crippen molar-refractivity contribution in [2.45, 2.75) is 0 Å². The molecule has 5 heteroatoms. The fourth-order valence-corrected chi connectivity index (χ4v) is 0.254. The Morgan fingerprint density at radius 3 is 1.64 bits per heavy atom. The van der Waals surface area contributed by atoms with Crippen molar-refractivity contribution in [3.63, 3.8) is 0 Å². The third kappa shape index (κ3) is 4.54. The van der Waals surface area contributed by atoms with Crippen molar-refractivity contribution in [2.75, 3.05) is 0 Å². The van der Waals surface area contributed by atoms with Crippen LogP contribution in [0.4, 0.5) is 0 Å². The minimum Gasteiger partial charge on any atom is -0.385 e. The van der Waals surface area contributed by atoms with Crippen LogP contribution in [0.3, 0.4) is 0 Å². The van der Waals surface area contributed by atoms with E-state index in [4.69, 9.17) is 0 Å². The molecular formula is C6H2O5. The van der Waals surface area contributed by atoms with Gasteiger partial charge in [-0.3, -0.25) is 0 Å². The van der Waals surface area contributed by atoms with Gasteiger partial charge in [0.1, 0.15) is 24.0 Å². The third-order valence-corrected chi connectivity index (χ3v) is 0.555. The molecule has 0 aliphatic carbocycles. The molecule has 0 aliphatic rings. The number of esters is 2. The Kier molecular flexibility index (Phi) is 4.01. The molecule has 0 saturated carbocycles. The first-order valence-corrected chi connectivity index (χ1v) is 2.38. The first-order chi connectivity index (χ1) is 5.20. The molecule has 0 amide bonds. The van der Waals surface area contributed by atoms with Crippen LogP contribution in [0.1, 0.15) is 0 Å². The van der Waals surface area contributed by atoms with Gasteiger partial charge in [0.05, 0.1) is 0 Å². The zero-order valence-electron chi connectivity index (χ0n) is 5.20. The van der Waals surface area contributed by atoms with Gasteiger partial charge in [-0.25, -0.2) is 19.2 Å². The highest BCUT2D eigenvalue weighted by Crippen LogP contribution is 1.80. The summed E-state index contributed by atoms with van der Waals surface area (Å²) in [6.07, 6.45) is 0.771. The molecule has 0 radical (unpaired) electrons. The number of hydrogen-bond acceptors (Lipinski definition) is 5. The zero-order chi connectivity index (χ0) is 8.69. The van der Waals surface area contributed by atoms with E-state index in [1.54, 1.807) is 0 Å². The zero-order valence-corrected chi connectivity index (χ0v) is 5.20. The maximum atomic E-state index is 10.2. The maximum absolute atomic E-state index is 10.2. The lowest BCUT2D eigenvalue weighted by Gasteiger charge is -1.88. The summed E-state index contributed by atoms with van der Waals surface area (Å²) in [5.41, 5.74) is 0. The molecule has 0 rings (SSSR count). The molecule has 0 aromatic carbocycles. The smallest absolute Gasteiger partial charge is 0.349 e. The van der Waals surface area contributed by atoms with E-state index in [0.717, 1.165) is 11.9 Å². The van der Waals surface area contributed by atoms with Crippen LogP contribution in [-0.2, 0) is 23.9 Å². The first-order valence-electron chi connectivity index (χ1n) is 2.38. The fourth-order valence-electron chi connectivity index (χ4n) is 0.254. The van der Waals surface area contributed by atoms with E-state index in [2.05, 4.69) is 4.74 Å². The van der Waals surface area contributed by atoms with Crippen molar-refractivity contribution >= 4 is 23.8 Å². The quantitative estimate of drug-likeness (QED) is 0.217. The van der Waals surface area contributed by atoms with Crippen molar-refractivity contribution < 1.29 is 23.9 Å². The average molecular weight is 154 g/mol. The monoisotopic (exact) mass is 154 g/mol. The molecule has 0 saturated heterocycles. The second-order valence-electron chi connectivity index (χ2n) is 1.26. The van der Waals surface area contributed by atoms with Gasteiger partial charge in [-0.15, -0.1) is 0 Å². The molecule has 5 nitrogen and oxygen atoms in total. The topological polar surface area (TPSA) is 77.5 Å². The number of rotatable bonds is 2. The molecule has 0 bridgehead atoms. The van der Waals surface area contributed by atoms with E-state index in [9.17, 15) is 19.2 Å². The highest BCUT2D eigenvalue weighted by molar-refractivity contribution is 6.01. The Bertz CT molecular complexity index is 237. The van der Waals surface area contributed by atoms with Gasteiger partial charge < -0.3 is 4.74 Å². The number of carbonyl (C=O) groups excluding carboxylic acids is 4. The Labute approximate surface area is 60.9 Å². The van der Waals surface area contributed by atoms with Crippen molar-refractivity contribution in [3.8, 4) is 0 Å². The van der Waals surface area contributed by atoms with E-state index in [0.29, 0.717) is 12.2 Å². The molecule has 0 unspecified atom stereocenters. The number of ether oxygens (including phenoxy) is 1. The highest BCUT2D eigenvalue weighted by atomic mass is 16.6. The van der Waals surface area contributed by atoms with E-state index in [-0.39, 0.29) is 0 Å². The summed E-state index contributed by atoms with van der Waals surface area (Å²) in [5.74, 6) is -0.138. The van der Waals surface area contributed by atoms with Crippen LogP contribution >= 0.6 is 0 Å². The normalized spacial score (nSPS) is 6.91. The summed E-state index contributed by atoms with van der Waals surface area (Å²) in [5, 5.41) is 0. The molecular weight excluding hydrogens is 152 g/mol. The highest BCUT2D eigenvalue weighted by Gasteiger charge is 2.03. The molecule has 0 heterocycles. The molecule has 0 atom stereocenters. The first kappa shape index (κ1) is 9.04. The SMILES string of the molecule is O=C=CC(=O)OC(=O)C=C=O. The van der Waals surface area contributed by atoms with E-state index < -0.39 is 11.9 Å². The van der Waals surface area contributed by atoms with Crippen LogP contribution < -0.4 is 0 Å². The van der Waals surface area contributed by atoms with Gasteiger partial charge >= 0.3 is 11.9 Å². The minimum atomic E-state index is -1.17. The summed E-state index contributed by atoms with van der Waals surface area (Å²) in [7, 11) is 0. The lowest BCUT2D eigenvalue weighted by atomic mass is 10.6. The van der Waals surface area contributed by atoms with Crippen LogP contribution in [-0.4, -0.2) is 23.8 Å². The lowest BCUT2D eigenvalue weighted by molar-refractivity contribution is -0.152. The predicted molar refractivity (Wildman–Crippen MR) is 31.6 cm³/mol. The molecule has 0 aliphatic heterocycles. The van der Waals surface area contributed by atoms with Gasteiger partial charge in [-0.1, -0.05) is 0 Å². The second-order valence-corrected chi connectivity index (χ2v) is 1.26. The second kappa shape index (κ2) is 4.88. The average Bonchev–Trinajstić information content (AvgIpc) is 1.87. The van der Waals surface area contributed by atoms with Gasteiger partial charge in [0.15, 0.2) is 0 Å². The van der Waals surface area contributed by atoms with Gasteiger partial charge in [0.2, 0.25) is 0 Å². The van der Waals surface area contributed by atoms with Crippen molar-refractivity contribution in [2.24, 2.45) is 0 Å². The Morgan fingerprint density at radius 2 is 1.36 bits per heavy atom. The molecule has 0 aromatic heterocycles. The van der Waals surface area contributed by atoms with Gasteiger partial charge in [0.25, 0.3) is 0 Å². The van der Waals surface area contributed by atoms with E-state index in [1.807, 2.05) is 0 Å². The number of carbonyl (C=O) groups is 2. The van der Waals surface area contributed by atoms with Gasteiger partial charge in [-0.2, -0.15) is 0 Å². The molecule has 56 valence electrons. The standard InChI is InChI=1S/C6H2O5/c7-3-1-5(9)11-6(10)2-4-8/h1-2H. The fraction of sp³-hybridized carbons (Fsp3) is 0. The van der Waals surface area contributed by atoms with Crippen LogP contribution in [0, 0.1) is 0 Å². The summed E-state index contributed by atoms with van der Waals surface area (Å²) in [6, 6.07) is 0. The van der Waals surface area contributed by atoms with Crippen LogP contribution in [0.2, 0.25) is 0 Å². The summed E-state index contributed by atoms with van der Waals surface area (Å²) in [4.78, 5) is 39.4. The summed E-state index contributed by atoms with van der Waals surface area (Å²) in [6.45, 7) is 0. The van der Waals surface area contributed by atoms with Gasteiger partial charge in [0, 0.05) is 0 Å². The Hall–Kier alpha value is -1.96. The van der Waals surface area contributed by atoms with E-state index in [1.165, 1.54) is 0 Å². The van der Waals surface area contributed by atoms with E-state index >= 15 is 0 Å².